The lowest BCUT2D eigenvalue weighted by atomic mass is 10.1. The quantitative estimate of drug-likeness (QED) is 0.432. The van der Waals surface area contributed by atoms with Crippen LogP contribution in [0.15, 0.2) is 72.5 Å². The molecule has 0 saturated carbocycles. The lowest BCUT2D eigenvalue weighted by Crippen LogP contribution is -1.99. The topological polar surface area (TPSA) is 27.1 Å². The Labute approximate surface area is 150 Å². The maximum absolute atomic E-state index is 6.03. The molecule has 0 fully saturated rings. The number of ether oxygens (including phenoxy) is 1. The number of rotatable bonds is 6. The molecule has 0 unspecified atom stereocenters. The van der Waals surface area contributed by atoms with Crippen LogP contribution in [0.4, 0.5) is 0 Å². The van der Waals surface area contributed by atoms with E-state index >= 15 is 0 Å². The fraction of sp³-hybridized carbons (Fsp3) is 0.105. The molecule has 2 aromatic carbocycles. The molecule has 0 aliphatic heterocycles. The second kappa shape index (κ2) is 7.60. The van der Waals surface area contributed by atoms with Crippen LogP contribution in [0.1, 0.15) is 0 Å². The zero-order valence-corrected chi connectivity index (χ0v) is 14.8. The molecule has 5 heteroatoms. The molecule has 0 aliphatic carbocycles. The SMILES string of the molecule is C=CCSc1ncc(-c2ccc(OC)cc2)n1-c1ccc(Cl)cc1. The van der Waals surface area contributed by atoms with Crippen molar-refractivity contribution in [2.45, 2.75) is 5.16 Å². The van der Waals surface area contributed by atoms with Gasteiger partial charge in [0.25, 0.3) is 0 Å². The van der Waals surface area contributed by atoms with Gasteiger partial charge in [0, 0.05) is 22.0 Å². The summed E-state index contributed by atoms with van der Waals surface area (Å²) < 4.78 is 7.37. The summed E-state index contributed by atoms with van der Waals surface area (Å²) in [4.78, 5) is 4.59. The van der Waals surface area contributed by atoms with Gasteiger partial charge in [-0.15, -0.1) is 6.58 Å². The molecule has 0 amide bonds. The molecule has 1 heterocycles. The molecule has 3 aromatic rings. The first-order valence-corrected chi connectivity index (χ1v) is 8.81. The molecule has 0 N–H and O–H groups in total. The Hall–Kier alpha value is -2.17. The Morgan fingerprint density at radius 1 is 1.17 bits per heavy atom. The molecular weight excluding hydrogens is 340 g/mol. The van der Waals surface area contributed by atoms with Crippen LogP contribution in [0.2, 0.25) is 5.02 Å². The molecule has 0 aliphatic rings. The summed E-state index contributed by atoms with van der Waals surface area (Å²) in [5.41, 5.74) is 3.12. The van der Waals surface area contributed by atoms with E-state index in [0.29, 0.717) is 5.02 Å². The van der Waals surface area contributed by atoms with Crippen molar-refractivity contribution in [2.24, 2.45) is 0 Å². The van der Waals surface area contributed by atoms with Gasteiger partial charge < -0.3 is 4.74 Å². The lowest BCUT2D eigenvalue weighted by Gasteiger charge is -2.12. The van der Waals surface area contributed by atoms with Crippen molar-refractivity contribution in [3.05, 3.63) is 72.4 Å². The summed E-state index contributed by atoms with van der Waals surface area (Å²) in [5, 5.41) is 1.63. The van der Waals surface area contributed by atoms with Crippen LogP contribution in [-0.4, -0.2) is 22.4 Å². The summed E-state index contributed by atoms with van der Waals surface area (Å²) in [6, 6.07) is 15.7. The van der Waals surface area contributed by atoms with Crippen LogP contribution in [0.25, 0.3) is 16.9 Å². The predicted molar refractivity (Wildman–Crippen MR) is 101 cm³/mol. The minimum absolute atomic E-state index is 0.713. The Kier molecular flexibility index (Phi) is 5.28. The van der Waals surface area contributed by atoms with E-state index in [1.54, 1.807) is 18.9 Å². The third-order valence-electron chi connectivity index (χ3n) is 3.53. The summed E-state index contributed by atoms with van der Waals surface area (Å²) in [7, 11) is 1.66. The van der Waals surface area contributed by atoms with E-state index in [4.69, 9.17) is 16.3 Å². The van der Waals surface area contributed by atoms with Gasteiger partial charge in [-0.05, 0) is 48.5 Å². The van der Waals surface area contributed by atoms with Gasteiger partial charge in [-0.3, -0.25) is 4.57 Å². The van der Waals surface area contributed by atoms with Crippen LogP contribution in [0.5, 0.6) is 5.75 Å². The normalized spacial score (nSPS) is 10.6. The fourth-order valence-corrected chi connectivity index (χ4v) is 3.23. The largest absolute Gasteiger partial charge is 0.497 e. The third-order valence-corrected chi connectivity index (χ3v) is 4.73. The summed E-state index contributed by atoms with van der Waals surface area (Å²) >= 11 is 7.67. The number of aromatic nitrogens is 2. The second-order valence-corrected chi connectivity index (χ2v) is 6.49. The number of hydrogen-bond donors (Lipinski definition) is 0. The highest BCUT2D eigenvalue weighted by Gasteiger charge is 2.14. The standard InChI is InChI=1S/C19H17ClN2OS/c1-3-12-24-19-21-13-18(14-4-10-17(23-2)11-5-14)22(19)16-8-6-15(20)7-9-16/h3-11,13H,1,12H2,2H3. The number of hydrogen-bond acceptors (Lipinski definition) is 3. The average molecular weight is 357 g/mol. The molecule has 3 nitrogen and oxygen atoms in total. The first kappa shape index (κ1) is 16.7. The number of methoxy groups -OCH3 is 1. The van der Waals surface area contributed by atoms with Gasteiger partial charge in [-0.2, -0.15) is 0 Å². The van der Waals surface area contributed by atoms with Gasteiger partial charge in [-0.25, -0.2) is 4.98 Å². The van der Waals surface area contributed by atoms with E-state index in [1.165, 1.54) is 0 Å². The van der Waals surface area contributed by atoms with Crippen molar-refractivity contribution in [2.75, 3.05) is 12.9 Å². The third kappa shape index (κ3) is 3.50. The van der Waals surface area contributed by atoms with Gasteiger partial charge in [-0.1, -0.05) is 29.4 Å². The number of nitrogens with zero attached hydrogens (tertiary/aromatic N) is 2. The van der Waals surface area contributed by atoms with E-state index < -0.39 is 0 Å². The van der Waals surface area contributed by atoms with Crippen molar-refractivity contribution in [1.29, 1.82) is 0 Å². The average Bonchev–Trinajstić information content (AvgIpc) is 3.04. The van der Waals surface area contributed by atoms with E-state index in [0.717, 1.165) is 33.6 Å². The van der Waals surface area contributed by atoms with Crippen LogP contribution in [0.3, 0.4) is 0 Å². The van der Waals surface area contributed by atoms with E-state index in [2.05, 4.69) is 16.1 Å². The van der Waals surface area contributed by atoms with E-state index in [1.807, 2.05) is 60.8 Å². The number of imidazole rings is 1. The molecular formula is C19H17ClN2OS. The molecule has 0 atom stereocenters. The molecule has 24 heavy (non-hydrogen) atoms. The molecule has 0 radical (unpaired) electrons. The van der Waals surface area contributed by atoms with Crippen molar-refractivity contribution in [3.8, 4) is 22.7 Å². The zero-order valence-electron chi connectivity index (χ0n) is 13.3. The zero-order chi connectivity index (χ0) is 16.9. The lowest BCUT2D eigenvalue weighted by molar-refractivity contribution is 0.415. The minimum Gasteiger partial charge on any atom is -0.497 e. The number of thioether (sulfide) groups is 1. The van der Waals surface area contributed by atoms with Gasteiger partial charge >= 0.3 is 0 Å². The van der Waals surface area contributed by atoms with Gasteiger partial charge in [0.2, 0.25) is 0 Å². The van der Waals surface area contributed by atoms with E-state index in [-0.39, 0.29) is 0 Å². The summed E-state index contributed by atoms with van der Waals surface area (Å²) in [5.74, 6) is 1.63. The smallest absolute Gasteiger partial charge is 0.173 e. The van der Waals surface area contributed by atoms with Crippen molar-refractivity contribution >= 4 is 23.4 Å². The van der Waals surface area contributed by atoms with Crippen LogP contribution >= 0.6 is 23.4 Å². The monoisotopic (exact) mass is 356 g/mol. The van der Waals surface area contributed by atoms with Crippen molar-refractivity contribution in [3.63, 3.8) is 0 Å². The number of halogens is 1. The molecule has 0 spiro atoms. The first-order chi connectivity index (χ1) is 11.7. The Bertz CT molecular complexity index is 826. The van der Waals surface area contributed by atoms with Crippen molar-refractivity contribution < 1.29 is 4.74 Å². The highest BCUT2D eigenvalue weighted by atomic mass is 35.5. The highest BCUT2D eigenvalue weighted by Crippen LogP contribution is 2.31. The van der Waals surface area contributed by atoms with E-state index in [9.17, 15) is 0 Å². The molecule has 0 saturated heterocycles. The van der Waals surface area contributed by atoms with Crippen molar-refractivity contribution in [1.82, 2.24) is 9.55 Å². The van der Waals surface area contributed by atoms with Gasteiger partial charge in [0.15, 0.2) is 5.16 Å². The predicted octanol–water partition coefficient (Wildman–Crippen LogP) is 5.48. The Morgan fingerprint density at radius 3 is 2.50 bits per heavy atom. The fourth-order valence-electron chi connectivity index (χ4n) is 2.38. The van der Waals surface area contributed by atoms with Crippen LogP contribution < -0.4 is 4.74 Å². The molecule has 0 bridgehead atoms. The maximum atomic E-state index is 6.03. The van der Waals surface area contributed by atoms with Crippen LogP contribution in [0, 0.1) is 0 Å². The summed E-state index contributed by atoms with van der Waals surface area (Å²) in [6.45, 7) is 3.78. The number of benzene rings is 2. The highest BCUT2D eigenvalue weighted by molar-refractivity contribution is 7.99. The molecule has 122 valence electrons. The van der Waals surface area contributed by atoms with Gasteiger partial charge in [0.1, 0.15) is 5.75 Å². The molecule has 1 aromatic heterocycles. The van der Waals surface area contributed by atoms with Crippen LogP contribution in [-0.2, 0) is 0 Å². The minimum atomic E-state index is 0.713. The Balaban J connectivity index is 2.09. The van der Waals surface area contributed by atoms with Gasteiger partial charge in [0.05, 0.1) is 19.0 Å². The second-order valence-electron chi connectivity index (χ2n) is 5.07. The summed E-state index contributed by atoms with van der Waals surface area (Å²) in [6.07, 6.45) is 3.76. The maximum Gasteiger partial charge on any atom is 0.173 e. The Morgan fingerprint density at radius 2 is 1.88 bits per heavy atom. The first-order valence-electron chi connectivity index (χ1n) is 7.44. The molecule has 3 rings (SSSR count).